The lowest BCUT2D eigenvalue weighted by Gasteiger charge is -2.19. The van der Waals surface area contributed by atoms with Gasteiger partial charge in [-0.1, -0.05) is 13.8 Å². The van der Waals surface area contributed by atoms with E-state index in [0.29, 0.717) is 0 Å². The number of nitrogens with zero attached hydrogens (tertiary/aromatic N) is 2. The first-order valence-electron chi connectivity index (χ1n) is 5.89. The maximum absolute atomic E-state index is 2.44. The highest BCUT2D eigenvalue weighted by molar-refractivity contribution is 4.59. The Balaban J connectivity index is 3.38. The molecule has 0 spiro atoms. The fourth-order valence-electron chi connectivity index (χ4n) is 1.56. The van der Waals surface area contributed by atoms with Crippen LogP contribution in [0.4, 0.5) is 0 Å². The van der Waals surface area contributed by atoms with Gasteiger partial charge in [-0.25, -0.2) is 0 Å². The van der Waals surface area contributed by atoms with E-state index in [1.54, 1.807) is 0 Å². The Labute approximate surface area is 90.3 Å². The van der Waals surface area contributed by atoms with Crippen molar-refractivity contribution in [1.82, 2.24) is 9.80 Å². The monoisotopic (exact) mass is 200 g/mol. The Bertz CT molecular complexity index is 123. The molecule has 0 fully saturated rings. The summed E-state index contributed by atoms with van der Waals surface area (Å²) in [6.07, 6.45) is 3.93. The minimum Gasteiger partial charge on any atom is -0.309 e. The molecule has 0 aromatic carbocycles. The van der Waals surface area contributed by atoms with Crippen LogP contribution in [0.15, 0.2) is 0 Å². The van der Waals surface area contributed by atoms with Crippen LogP contribution in [-0.2, 0) is 0 Å². The molecule has 0 aliphatic rings. The maximum Gasteiger partial charge on any atom is -0.00192 e. The highest BCUT2D eigenvalue weighted by Gasteiger charge is 2.04. The number of hydrogen-bond acceptors (Lipinski definition) is 2. The second kappa shape index (κ2) is 8.25. The summed E-state index contributed by atoms with van der Waals surface area (Å²) in [6, 6.07) is 0. The van der Waals surface area contributed by atoms with Gasteiger partial charge in [-0.2, -0.15) is 0 Å². The maximum atomic E-state index is 2.44. The van der Waals surface area contributed by atoms with E-state index in [4.69, 9.17) is 0 Å². The average Bonchev–Trinajstić information content (AvgIpc) is 2.12. The summed E-state index contributed by atoms with van der Waals surface area (Å²) in [4.78, 5) is 4.71. The van der Waals surface area contributed by atoms with Crippen LogP contribution in [0.25, 0.3) is 0 Å². The van der Waals surface area contributed by atoms with Crippen LogP contribution in [0.3, 0.4) is 0 Å². The van der Waals surface area contributed by atoms with Crippen molar-refractivity contribution in [3.05, 3.63) is 0 Å². The van der Waals surface area contributed by atoms with E-state index in [0.717, 1.165) is 5.92 Å². The largest absolute Gasteiger partial charge is 0.309 e. The Morgan fingerprint density at radius 2 is 1.50 bits per heavy atom. The van der Waals surface area contributed by atoms with Crippen molar-refractivity contribution in [3.8, 4) is 0 Å². The third-order valence-corrected chi connectivity index (χ3v) is 2.68. The Morgan fingerprint density at radius 3 is 2.00 bits per heavy atom. The Kier molecular flexibility index (Phi) is 8.20. The number of rotatable bonds is 8. The van der Waals surface area contributed by atoms with Gasteiger partial charge in [0.25, 0.3) is 0 Å². The summed E-state index contributed by atoms with van der Waals surface area (Å²) in [5, 5.41) is 0. The van der Waals surface area contributed by atoms with Gasteiger partial charge < -0.3 is 9.80 Å². The molecular formula is C12H28N2. The predicted octanol–water partition coefficient (Wildman–Crippen LogP) is 2.31. The average molecular weight is 200 g/mol. The van der Waals surface area contributed by atoms with Gasteiger partial charge in [-0.3, -0.25) is 0 Å². The molecule has 0 radical (unpaired) electrons. The van der Waals surface area contributed by atoms with E-state index in [1.165, 1.54) is 38.9 Å². The fraction of sp³-hybridized carbons (Fsp3) is 1.00. The summed E-state index contributed by atoms with van der Waals surface area (Å²) in [5.74, 6) is 0.858. The van der Waals surface area contributed by atoms with E-state index >= 15 is 0 Å². The van der Waals surface area contributed by atoms with Crippen molar-refractivity contribution < 1.29 is 0 Å². The van der Waals surface area contributed by atoms with Crippen molar-refractivity contribution in [3.63, 3.8) is 0 Å². The first-order chi connectivity index (χ1) is 6.56. The standard InChI is InChI=1S/C12H28N2/c1-6-9-14(5)11-8-12(2)7-10-13(3)4/h12H,6-11H2,1-5H3. The van der Waals surface area contributed by atoms with Crippen LogP contribution in [0.5, 0.6) is 0 Å². The molecule has 0 aliphatic heterocycles. The molecule has 0 bridgehead atoms. The van der Waals surface area contributed by atoms with E-state index in [2.05, 4.69) is 44.8 Å². The van der Waals surface area contributed by atoms with Gasteiger partial charge in [-0.15, -0.1) is 0 Å². The van der Waals surface area contributed by atoms with Gasteiger partial charge in [-0.05, 0) is 66.0 Å². The fourth-order valence-corrected chi connectivity index (χ4v) is 1.56. The number of hydrogen-bond donors (Lipinski definition) is 0. The predicted molar refractivity (Wildman–Crippen MR) is 64.7 cm³/mol. The molecule has 1 atom stereocenters. The molecule has 0 saturated heterocycles. The first-order valence-corrected chi connectivity index (χ1v) is 5.89. The van der Waals surface area contributed by atoms with Gasteiger partial charge >= 0.3 is 0 Å². The van der Waals surface area contributed by atoms with Gasteiger partial charge in [0.15, 0.2) is 0 Å². The molecule has 0 amide bonds. The Hall–Kier alpha value is -0.0800. The second-order valence-electron chi connectivity index (χ2n) is 4.79. The molecule has 86 valence electrons. The van der Waals surface area contributed by atoms with Crippen molar-refractivity contribution >= 4 is 0 Å². The summed E-state index contributed by atoms with van der Waals surface area (Å²) in [7, 11) is 6.52. The molecule has 0 aromatic rings. The van der Waals surface area contributed by atoms with Crippen molar-refractivity contribution in [1.29, 1.82) is 0 Å². The third kappa shape index (κ3) is 8.52. The SMILES string of the molecule is CCCN(C)CCC(C)CCN(C)C. The molecule has 14 heavy (non-hydrogen) atoms. The van der Waals surface area contributed by atoms with Crippen LogP contribution < -0.4 is 0 Å². The van der Waals surface area contributed by atoms with Gasteiger partial charge in [0.2, 0.25) is 0 Å². The molecule has 0 aliphatic carbocycles. The highest BCUT2D eigenvalue weighted by Crippen LogP contribution is 2.08. The van der Waals surface area contributed by atoms with E-state index in [9.17, 15) is 0 Å². The van der Waals surface area contributed by atoms with Crippen molar-refractivity contribution in [2.75, 3.05) is 40.8 Å². The Morgan fingerprint density at radius 1 is 0.929 bits per heavy atom. The van der Waals surface area contributed by atoms with Crippen LogP contribution in [0, 0.1) is 5.92 Å². The zero-order valence-electron chi connectivity index (χ0n) is 10.7. The minimum absolute atomic E-state index is 0.858. The van der Waals surface area contributed by atoms with E-state index in [-0.39, 0.29) is 0 Å². The van der Waals surface area contributed by atoms with Gasteiger partial charge in [0, 0.05) is 0 Å². The summed E-state index contributed by atoms with van der Waals surface area (Å²) in [5.41, 5.74) is 0. The van der Waals surface area contributed by atoms with Crippen LogP contribution in [-0.4, -0.2) is 50.6 Å². The highest BCUT2D eigenvalue weighted by atomic mass is 15.1. The normalized spacial score (nSPS) is 13.9. The van der Waals surface area contributed by atoms with Gasteiger partial charge in [0.05, 0.1) is 0 Å². The van der Waals surface area contributed by atoms with Crippen LogP contribution in [0.2, 0.25) is 0 Å². The molecule has 0 saturated carbocycles. The van der Waals surface area contributed by atoms with Crippen LogP contribution in [0.1, 0.15) is 33.1 Å². The van der Waals surface area contributed by atoms with E-state index in [1.807, 2.05) is 0 Å². The molecule has 2 heteroatoms. The van der Waals surface area contributed by atoms with Gasteiger partial charge in [0.1, 0.15) is 0 Å². The lowest BCUT2D eigenvalue weighted by molar-refractivity contribution is 0.286. The molecule has 1 unspecified atom stereocenters. The lowest BCUT2D eigenvalue weighted by atomic mass is 10.0. The topological polar surface area (TPSA) is 6.48 Å². The zero-order chi connectivity index (χ0) is 11.0. The summed E-state index contributed by atoms with van der Waals surface area (Å²) in [6.45, 7) is 8.32. The van der Waals surface area contributed by atoms with Crippen molar-refractivity contribution in [2.24, 2.45) is 5.92 Å². The molecule has 0 aromatic heterocycles. The first kappa shape index (κ1) is 13.9. The second-order valence-corrected chi connectivity index (χ2v) is 4.79. The van der Waals surface area contributed by atoms with E-state index < -0.39 is 0 Å². The van der Waals surface area contributed by atoms with Crippen molar-refractivity contribution in [2.45, 2.75) is 33.1 Å². The lowest BCUT2D eigenvalue weighted by Crippen LogP contribution is -2.23. The summed E-state index contributed by atoms with van der Waals surface area (Å²) >= 11 is 0. The third-order valence-electron chi connectivity index (χ3n) is 2.68. The van der Waals surface area contributed by atoms with Crippen LogP contribution >= 0.6 is 0 Å². The smallest absolute Gasteiger partial charge is 0.00192 e. The molecule has 0 N–H and O–H groups in total. The minimum atomic E-state index is 0.858. The zero-order valence-corrected chi connectivity index (χ0v) is 10.7. The molecule has 2 nitrogen and oxygen atoms in total. The summed E-state index contributed by atoms with van der Waals surface area (Å²) < 4.78 is 0. The molecule has 0 rings (SSSR count). The quantitative estimate of drug-likeness (QED) is 0.593. The molecular weight excluding hydrogens is 172 g/mol. The molecule has 0 heterocycles.